The minimum Gasteiger partial charge on any atom is -0.494 e. The number of methoxy groups -OCH3 is 1. The van der Waals surface area contributed by atoms with Gasteiger partial charge in [-0.1, -0.05) is 0 Å². The largest absolute Gasteiger partial charge is 0.494 e. The first kappa shape index (κ1) is 16.7. The molecule has 0 heterocycles. The molecule has 0 unspecified atom stereocenters. The van der Waals surface area contributed by atoms with Gasteiger partial charge in [-0.05, 0) is 60.8 Å². The van der Waals surface area contributed by atoms with E-state index in [1.54, 1.807) is 42.5 Å². The first-order valence-electron chi connectivity index (χ1n) is 6.43. The highest BCUT2D eigenvalue weighted by Crippen LogP contribution is 2.29. The molecule has 0 aliphatic rings. The van der Waals surface area contributed by atoms with Gasteiger partial charge in [0.2, 0.25) is 0 Å². The van der Waals surface area contributed by atoms with Gasteiger partial charge in [0, 0.05) is 11.6 Å². The van der Waals surface area contributed by atoms with Gasteiger partial charge >= 0.3 is 0 Å². The number of nitrogens with zero attached hydrogens (tertiary/aromatic N) is 2. The van der Waals surface area contributed by atoms with Crippen LogP contribution in [0.1, 0.15) is 10.4 Å². The van der Waals surface area contributed by atoms with Crippen LogP contribution in [0.15, 0.2) is 52.4 Å². The van der Waals surface area contributed by atoms with E-state index >= 15 is 0 Å². The third-order valence-corrected chi connectivity index (χ3v) is 3.09. The van der Waals surface area contributed by atoms with Gasteiger partial charge in [0.25, 0.3) is 5.91 Å². The minimum atomic E-state index is -0.271. The van der Waals surface area contributed by atoms with E-state index in [1.165, 1.54) is 7.11 Å². The second-order valence-corrected chi connectivity index (χ2v) is 4.66. The van der Waals surface area contributed by atoms with Crippen molar-refractivity contribution in [1.82, 2.24) is 0 Å². The van der Waals surface area contributed by atoms with Crippen molar-refractivity contribution in [3.63, 3.8) is 0 Å². The van der Waals surface area contributed by atoms with Crippen LogP contribution in [-0.4, -0.2) is 23.3 Å². The highest BCUT2D eigenvalue weighted by Gasteiger charge is 2.10. The number of isothiocyanates is 2. The van der Waals surface area contributed by atoms with E-state index in [2.05, 4.69) is 50.1 Å². The molecule has 7 heteroatoms. The molecule has 0 spiro atoms. The summed E-state index contributed by atoms with van der Waals surface area (Å²) in [5.41, 5.74) is 2.24. The molecule has 0 saturated heterocycles. The number of rotatable bonds is 5. The predicted molar refractivity (Wildman–Crippen MR) is 96.8 cm³/mol. The van der Waals surface area contributed by atoms with E-state index in [0.29, 0.717) is 28.4 Å². The zero-order valence-electron chi connectivity index (χ0n) is 12.1. The number of anilines is 1. The molecule has 1 amide bonds. The normalized spacial score (nSPS) is 9.26. The van der Waals surface area contributed by atoms with E-state index < -0.39 is 0 Å². The Bertz CT molecular complexity index is 822. The fourth-order valence-corrected chi connectivity index (χ4v) is 2.05. The molecule has 2 aromatic carbocycles. The van der Waals surface area contributed by atoms with Crippen LogP contribution in [0.2, 0.25) is 0 Å². The number of carbonyl (C=O) groups is 1. The van der Waals surface area contributed by atoms with Crippen LogP contribution in [0.3, 0.4) is 0 Å². The molecule has 0 aromatic heterocycles. The maximum atomic E-state index is 12.3. The first-order chi connectivity index (χ1) is 11.2. The highest BCUT2D eigenvalue weighted by molar-refractivity contribution is 7.78. The molecule has 0 bridgehead atoms. The fourth-order valence-electron chi connectivity index (χ4n) is 1.84. The molecule has 0 fully saturated rings. The zero-order valence-corrected chi connectivity index (χ0v) is 13.7. The van der Waals surface area contributed by atoms with Crippen LogP contribution in [0.4, 0.5) is 17.1 Å². The Morgan fingerprint density at radius 3 is 2.26 bits per heavy atom. The zero-order chi connectivity index (χ0) is 16.7. The molecule has 0 radical (unpaired) electrons. The molecule has 1 N–H and O–H groups in total. The van der Waals surface area contributed by atoms with Crippen molar-refractivity contribution >= 4 is 57.7 Å². The van der Waals surface area contributed by atoms with Gasteiger partial charge in [0.15, 0.2) is 0 Å². The lowest BCUT2D eigenvalue weighted by Gasteiger charge is -2.10. The lowest BCUT2D eigenvalue weighted by molar-refractivity contribution is 0.102. The van der Waals surface area contributed by atoms with Gasteiger partial charge in [-0.3, -0.25) is 4.79 Å². The van der Waals surface area contributed by atoms with Crippen LogP contribution >= 0.6 is 24.4 Å². The molecule has 5 nitrogen and oxygen atoms in total. The van der Waals surface area contributed by atoms with Crippen molar-refractivity contribution in [3.05, 3.63) is 48.0 Å². The number of carbonyl (C=O) groups excluding carboxylic acids is 1. The number of hydrogen-bond donors (Lipinski definition) is 1. The monoisotopic (exact) mass is 341 g/mol. The molecule has 0 aliphatic heterocycles. The summed E-state index contributed by atoms with van der Waals surface area (Å²) < 4.78 is 5.25. The summed E-state index contributed by atoms with van der Waals surface area (Å²) in [6, 6.07) is 11.7. The molecule has 114 valence electrons. The second kappa shape index (κ2) is 8.08. The minimum absolute atomic E-state index is 0.271. The van der Waals surface area contributed by atoms with Crippen molar-refractivity contribution < 1.29 is 9.53 Å². The fraction of sp³-hybridized carbons (Fsp3) is 0.0625. The summed E-state index contributed by atoms with van der Waals surface area (Å²) in [6.07, 6.45) is 0. The molecular formula is C16H11N3O2S2. The van der Waals surface area contributed by atoms with Gasteiger partial charge < -0.3 is 10.1 Å². The van der Waals surface area contributed by atoms with Crippen LogP contribution in [0.25, 0.3) is 0 Å². The lowest BCUT2D eigenvalue weighted by atomic mass is 10.2. The molecule has 2 aromatic rings. The van der Waals surface area contributed by atoms with E-state index in [-0.39, 0.29) is 5.91 Å². The highest BCUT2D eigenvalue weighted by atomic mass is 32.1. The third-order valence-electron chi connectivity index (χ3n) is 2.91. The lowest BCUT2D eigenvalue weighted by Crippen LogP contribution is -2.12. The van der Waals surface area contributed by atoms with Crippen LogP contribution in [0.5, 0.6) is 5.75 Å². The SMILES string of the molecule is COc1cc(N=C=S)ccc1NC(=O)c1ccc(N=C=S)cc1. The maximum Gasteiger partial charge on any atom is 0.255 e. The van der Waals surface area contributed by atoms with Gasteiger partial charge in [-0.15, -0.1) is 0 Å². The summed E-state index contributed by atoms with van der Waals surface area (Å²) in [5.74, 6) is 0.207. The Balaban J connectivity index is 2.22. The van der Waals surface area contributed by atoms with Crippen LogP contribution < -0.4 is 10.1 Å². The Labute approximate surface area is 143 Å². The smallest absolute Gasteiger partial charge is 0.255 e. The van der Waals surface area contributed by atoms with Crippen molar-refractivity contribution in [2.45, 2.75) is 0 Å². The molecular weight excluding hydrogens is 330 g/mol. The van der Waals surface area contributed by atoms with Gasteiger partial charge in [0.1, 0.15) is 5.75 Å². The summed E-state index contributed by atoms with van der Waals surface area (Å²) in [5, 5.41) is 7.33. The average Bonchev–Trinajstić information content (AvgIpc) is 2.57. The van der Waals surface area contributed by atoms with Crippen LogP contribution in [0, 0.1) is 0 Å². The molecule has 0 aliphatic carbocycles. The third kappa shape index (κ3) is 4.39. The number of benzene rings is 2. The number of thiocarbonyl (C=S) groups is 2. The Hall–Kier alpha value is -2.69. The number of nitrogens with one attached hydrogen (secondary N) is 1. The maximum absolute atomic E-state index is 12.3. The quantitative estimate of drug-likeness (QED) is 0.646. The van der Waals surface area contributed by atoms with Gasteiger partial charge in [-0.2, -0.15) is 9.98 Å². The predicted octanol–water partition coefficient (Wildman–Crippen LogP) is 4.42. The molecule has 0 atom stereocenters. The van der Waals surface area contributed by atoms with Crippen molar-refractivity contribution in [2.75, 3.05) is 12.4 Å². The Kier molecular flexibility index (Phi) is 5.86. The van der Waals surface area contributed by atoms with Crippen molar-refractivity contribution in [3.8, 4) is 5.75 Å². The van der Waals surface area contributed by atoms with Crippen molar-refractivity contribution in [2.24, 2.45) is 9.98 Å². The summed E-state index contributed by atoms with van der Waals surface area (Å²) in [6.45, 7) is 0. The number of aliphatic imine (C=N–C) groups is 2. The molecule has 23 heavy (non-hydrogen) atoms. The average molecular weight is 341 g/mol. The summed E-state index contributed by atoms with van der Waals surface area (Å²) in [7, 11) is 1.51. The molecule has 2 rings (SSSR count). The molecule has 0 saturated carbocycles. The van der Waals surface area contributed by atoms with E-state index in [0.717, 1.165) is 0 Å². The Morgan fingerprint density at radius 2 is 1.65 bits per heavy atom. The summed E-state index contributed by atoms with van der Waals surface area (Å²) >= 11 is 9.10. The van der Waals surface area contributed by atoms with Gasteiger partial charge in [0.05, 0.1) is 34.5 Å². The Morgan fingerprint density at radius 1 is 1.04 bits per heavy atom. The van der Waals surface area contributed by atoms with E-state index in [1.807, 2.05) is 0 Å². The van der Waals surface area contributed by atoms with E-state index in [4.69, 9.17) is 4.74 Å². The first-order valence-corrected chi connectivity index (χ1v) is 7.25. The van der Waals surface area contributed by atoms with Crippen LogP contribution in [-0.2, 0) is 0 Å². The van der Waals surface area contributed by atoms with Gasteiger partial charge in [-0.25, -0.2) is 0 Å². The van der Waals surface area contributed by atoms with E-state index in [9.17, 15) is 4.79 Å². The number of hydrogen-bond acceptors (Lipinski definition) is 6. The topological polar surface area (TPSA) is 63.0 Å². The van der Waals surface area contributed by atoms with Crippen molar-refractivity contribution in [1.29, 1.82) is 0 Å². The number of amides is 1. The standard InChI is InChI=1S/C16H11N3O2S2/c1-21-15-8-13(18-10-23)6-7-14(15)19-16(20)11-2-4-12(5-3-11)17-9-22/h2-8H,1H3,(H,19,20). The summed E-state index contributed by atoms with van der Waals surface area (Å²) in [4.78, 5) is 20.0. The second-order valence-electron chi connectivity index (χ2n) is 4.29. The number of ether oxygens (including phenoxy) is 1.